The van der Waals surface area contributed by atoms with Crippen LogP contribution in [0.4, 0.5) is 0 Å². The highest BCUT2D eigenvalue weighted by atomic mass is 32.2. The predicted molar refractivity (Wildman–Crippen MR) is 65.5 cm³/mol. The summed E-state index contributed by atoms with van der Waals surface area (Å²) in [5, 5.41) is 8.67. The summed E-state index contributed by atoms with van der Waals surface area (Å²) in [6, 6.07) is 0. The standard InChI is InChI=1S/C13H20O2S/c14-13(15)7-16-6-12-10-2-8-1-9(4-10)5-11(12)3-8/h8-12H,1-7H2,(H,14,15). The van der Waals surface area contributed by atoms with Gasteiger partial charge in [0.25, 0.3) is 0 Å². The third kappa shape index (κ3) is 1.99. The molecule has 16 heavy (non-hydrogen) atoms. The summed E-state index contributed by atoms with van der Waals surface area (Å²) in [7, 11) is 0. The van der Waals surface area contributed by atoms with E-state index >= 15 is 0 Å². The van der Waals surface area contributed by atoms with E-state index in [4.69, 9.17) is 5.11 Å². The molecule has 4 aliphatic rings. The van der Waals surface area contributed by atoms with Crippen LogP contribution in [0.5, 0.6) is 0 Å². The van der Waals surface area contributed by atoms with Gasteiger partial charge >= 0.3 is 5.97 Å². The topological polar surface area (TPSA) is 37.3 Å². The van der Waals surface area contributed by atoms with Gasteiger partial charge in [0.05, 0.1) is 5.75 Å². The summed E-state index contributed by atoms with van der Waals surface area (Å²) < 4.78 is 0. The third-order valence-corrected chi connectivity index (χ3v) is 6.03. The molecule has 1 N–H and O–H groups in total. The van der Waals surface area contributed by atoms with Crippen LogP contribution in [0.15, 0.2) is 0 Å². The van der Waals surface area contributed by atoms with Gasteiger partial charge in [-0.05, 0) is 67.4 Å². The van der Waals surface area contributed by atoms with Crippen molar-refractivity contribution in [2.75, 3.05) is 11.5 Å². The van der Waals surface area contributed by atoms with E-state index in [-0.39, 0.29) is 0 Å². The maximum absolute atomic E-state index is 10.5. The van der Waals surface area contributed by atoms with E-state index < -0.39 is 5.97 Å². The van der Waals surface area contributed by atoms with Crippen LogP contribution >= 0.6 is 11.8 Å². The normalized spacial score (nSPS) is 44.9. The van der Waals surface area contributed by atoms with Crippen LogP contribution in [-0.4, -0.2) is 22.6 Å². The van der Waals surface area contributed by atoms with Gasteiger partial charge in [0, 0.05) is 0 Å². The first kappa shape index (κ1) is 10.9. The van der Waals surface area contributed by atoms with Crippen molar-refractivity contribution in [1.82, 2.24) is 0 Å². The molecule has 4 saturated carbocycles. The summed E-state index contributed by atoms with van der Waals surface area (Å²) >= 11 is 1.64. The first-order valence-corrected chi connectivity index (χ1v) is 7.67. The van der Waals surface area contributed by atoms with E-state index in [0.717, 1.165) is 35.3 Å². The average molecular weight is 240 g/mol. The molecular weight excluding hydrogens is 220 g/mol. The second-order valence-corrected chi connectivity index (χ2v) is 7.03. The number of carboxylic acids is 1. The molecule has 0 heterocycles. The fourth-order valence-corrected chi connectivity index (χ4v) is 5.70. The lowest BCUT2D eigenvalue weighted by atomic mass is 9.52. The minimum absolute atomic E-state index is 0.294. The Labute approximate surface area is 101 Å². The van der Waals surface area contributed by atoms with Crippen molar-refractivity contribution in [3.63, 3.8) is 0 Å². The summed E-state index contributed by atoms with van der Waals surface area (Å²) in [5.41, 5.74) is 0. The highest BCUT2D eigenvalue weighted by Gasteiger charge is 2.47. The molecule has 0 aromatic carbocycles. The Morgan fingerprint density at radius 2 is 1.62 bits per heavy atom. The molecule has 0 saturated heterocycles. The van der Waals surface area contributed by atoms with E-state index in [1.807, 2.05) is 0 Å². The monoisotopic (exact) mass is 240 g/mol. The molecule has 90 valence electrons. The van der Waals surface area contributed by atoms with Gasteiger partial charge in [0.1, 0.15) is 0 Å². The molecule has 0 spiro atoms. The van der Waals surface area contributed by atoms with Crippen LogP contribution < -0.4 is 0 Å². The third-order valence-electron chi connectivity index (χ3n) is 4.96. The van der Waals surface area contributed by atoms with E-state index in [2.05, 4.69) is 0 Å². The summed E-state index contributed by atoms with van der Waals surface area (Å²) in [6.45, 7) is 0. The summed E-state index contributed by atoms with van der Waals surface area (Å²) in [4.78, 5) is 10.5. The van der Waals surface area contributed by atoms with Crippen molar-refractivity contribution >= 4 is 17.7 Å². The molecule has 0 radical (unpaired) electrons. The molecule has 0 unspecified atom stereocenters. The molecule has 0 atom stereocenters. The maximum Gasteiger partial charge on any atom is 0.313 e. The molecule has 2 nitrogen and oxygen atoms in total. The Bertz CT molecular complexity index is 262. The Balaban J connectivity index is 1.57. The smallest absolute Gasteiger partial charge is 0.313 e. The predicted octanol–water partition coefficient (Wildman–Crippen LogP) is 2.88. The van der Waals surface area contributed by atoms with Gasteiger partial charge in [0.2, 0.25) is 0 Å². The zero-order chi connectivity index (χ0) is 11.1. The van der Waals surface area contributed by atoms with Crippen LogP contribution in [0, 0.1) is 29.6 Å². The number of thioether (sulfide) groups is 1. The first-order valence-electron chi connectivity index (χ1n) is 6.52. The summed E-state index contributed by atoms with van der Waals surface area (Å²) in [6.07, 6.45) is 7.30. The molecule has 4 rings (SSSR count). The molecule has 3 heteroatoms. The van der Waals surface area contributed by atoms with Crippen molar-refractivity contribution in [3.8, 4) is 0 Å². The fraction of sp³-hybridized carbons (Fsp3) is 0.923. The number of hydrogen-bond donors (Lipinski definition) is 1. The largest absolute Gasteiger partial charge is 0.481 e. The fourth-order valence-electron chi connectivity index (χ4n) is 4.59. The minimum atomic E-state index is -0.659. The Kier molecular flexibility index (Phi) is 2.90. The number of carbonyl (C=O) groups is 1. The van der Waals surface area contributed by atoms with Crippen molar-refractivity contribution in [3.05, 3.63) is 0 Å². The SMILES string of the molecule is O=C(O)CSCC1C2CC3CC(C2)CC1C3. The zero-order valence-corrected chi connectivity index (χ0v) is 10.4. The van der Waals surface area contributed by atoms with Crippen LogP contribution in [0.25, 0.3) is 0 Å². The molecule has 0 aliphatic heterocycles. The van der Waals surface area contributed by atoms with Gasteiger partial charge < -0.3 is 5.11 Å². The highest BCUT2D eigenvalue weighted by Crippen LogP contribution is 2.57. The Morgan fingerprint density at radius 3 is 2.12 bits per heavy atom. The molecule has 4 bridgehead atoms. The van der Waals surface area contributed by atoms with E-state index in [0.29, 0.717) is 5.75 Å². The van der Waals surface area contributed by atoms with Crippen molar-refractivity contribution in [1.29, 1.82) is 0 Å². The minimum Gasteiger partial charge on any atom is -0.481 e. The number of rotatable bonds is 4. The van der Waals surface area contributed by atoms with E-state index in [1.54, 1.807) is 11.8 Å². The van der Waals surface area contributed by atoms with Gasteiger partial charge in [-0.1, -0.05) is 0 Å². The van der Waals surface area contributed by atoms with Crippen LogP contribution in [-0.2, 0) is 4.79 Å². The summed E-state index contributed by atoms with van der Waals surface area (Å²) in [5.74, 6) is 5.52. The Morgan fingerprint density at radius 1 is 1.06 bits per heavy atom. The lowest BCUT2D eigenvalue weighted by Crippen LogP contribution is -2.46. The lowest BCUT2D eigenvalue weighted by Gasteiger charge is -2.54. The van der Waals surface area contributed by atoms with Gasteiger partial charge in [-0.25, -0.2) is 0 Å². The second kappa shape index (κ2) is 4.25. The molecular formula is C13H20O2S. The Hall–Kier alpha value is -0.180. The number of hydrogen-bond acceptors (Lipinski definition) is 2. The van der Waals surface area contributed by atoms with Crippen LogP contribution in [0.3, 0.4) is 0 Å². The molecule has 0 aromatic heterocycles. The van der Waals surface area contributed by atoms with E-state index in [1.165, 1.54) is 32.1 Å². The molecule has 0 aromatic rings. The van der Waals surface area contributed by atoms with Gasteiger partial charge in [0.15, 0.2) is 0 Å². The van der Waals surface area contributed by atoms with Gasteiger partial charge in [-0.15, -0.1) is 11.8 Å². The quantitative estimate of drug-likeness (QED) is 0.821. The second-order valence-electron chi connectivity index (χ2n) is 6.00. The van der Waals surface area contributed by atoms with Crippen molar-refractivity contribution < 1.29 is 9.90 Å². The van der Waals surface area contributed by atoms with Crippen LogP contribution in [0.1, 0.15) is 32.1 Å². The molecule has 0 amide bonds. The van der Waals surface area contributed by atoms with Crippen LogP contribution in [0.2, 0.25) is 0 Å². The van der Waals surface area contributed by atoms with Gasteiger partial charge in [-0.2, -0.15) is 0 Å². The first-order chi connectivity index (χ1) is 7.72. The average Bonchev–Trinajstić information content (AvgIpc) is 2.20. The molecule has 4 fully saturated rings. The number of carboxylic acid groups (broad SMARTS) is 1. The van der Waals surface area contributed by atoms with Gasteiger partial charge in [-0.3, -0.25) is 4.79 Å². The van der Waals surface area contributed by atoms with Crippen molar-refractivity contribution in [2.24, 2.45) is 29.6 Å². The van der Waals surface area contributed by atoms with E-state index in [9.17, 15) is 4.79 Å². The zero-order valence-electron chi connectivity index (χ0n) is 9.60. The molecule has 4 aliphatic carbocycles. The lowest BCUT2D eigenvalue weighted by molar-refractivity contribution is -0.133. The highest BCUT2D eigenvalue weighted by molar-refractivity contribution is 7.99. The maximum atomic E-state index is 10.5. The van der Waals surface area contributed by atoms with Crippen molar-refractivity contribution in [2.45, 2.75) is 32.1 Å². The number of aliphatic carboxylic acids is 1.